The van der Waals surface area contributed by atoms with Crippen molar-refractivity contribution in [3.63, 3.8) is 0 Å². The predicted molar refractivity (Wildman–Crippen MR) is 185 cm³/mol. The number of unbranched alkanes of at least 4 members (excludes halogenated alkanes) is 15. The van der Waals surface area contributed by atoms with E-state index in [1.165, 1.54) is 120 Å². The summed E-state index contributed by atoms with van der Waals surface area (Å²) in [6, 6.07) is 22.7. The second-order valence-electron chi connectivity index (χ2n) is 12.9. The maximum absolute atomic E-state index is 2.77. The molecule has 2 nitrogen and oxygen atoms in total. The highest BCUT2D eigenvalue weighted by Crippen LogP contribution is 2.45. The van der Waals surface area contributed by atoms with Crippen LogP contribution in [-0.2, 0) is 6.42 Å². The van der Waals surface area contributed by atoms with E-state index in [1.54, 1.807) is 0 Å². The zero-order chi connectivity index (χ0) is 29.7. The molecule has 0 aliphatic carbocycles. The van der Waals surface area contributed by atoms with E-state index in [1.807, 2.05) is 0 Å². The largest absolute Gasteiger partial charge is 0.353 e. The summed E-state index contributed by atoms with van der Waals surface area (Å²) in [6.45, 7) is 9.32. The van der Waals surface area contributed by atoms with Crippen LogP contribution in [0.1, 0.15) is 153 Å². The molecule has 0 aromatic heterocycles. The van der Waals surface area contributed by atoms with Crippen molar-refractivity contribution in [2.24, 2.45) is 0 Å². The van der Waals surface area contributed by atoms with E-state index in [0.717, 1.165) is 25.9 Å². The highest BCUT2D eigenvalue weighted by molar-refractivity contribution is 5.30. The molecule has 0 spiro atoms. The molecule has 0 N–H and O–H groups in total. The van der Waals surface area contributed by atoms with Gasteiger partial charge in [-0.15, -0.1) is 0 Å². The standard InChI is InChI=1S/C40H64N2/c1-4-7-9-11-12-13-14-15-16-17-19-27-33-42-35-34-41(32-26-18-10-8-5-2)40(42,36-37-28-22-20-23-29-37)39(6-3)38-30-24-21-25-31-38/h20-25,28-31,34-35,39H,4-19,26-27,32-33,36H2,1-3H3. The summed E-state index contributed by atoms with van der Waals surface area (Å²) < 4.78 is 0. The van der Waals surface area contributed by atoms with E-state index in [2.05, 4.69) is 104 Å². The van der Waals surface area contributed by atoms with Crippen LogP contribution in [0.4, 0.5) is 0 Å². The van der Waals surface area contributed by atoms with Crippen LogP contribution >= 0.6 is 0 Å². The summed E-state index contributed by atoms with van der Waals surface area (Å²) in [7, 11) is 0. The average molecular weight is 573 g/mol. The van der Waals surface area contributed by atoms with Gasteiger partial charge in [-0.2, -0.15) is 0 Å². The number of nitrogens with zero attached hydrogens (tertiary/aromatic N) is 2. The minimum atomic E-state index is -0.0556. The van der Waals surface area contributed by atoms with Crippen LogP contribution in [0.15, 0.2) is 73.1 Å². The van der Waals surface area contributed by atoms with Crippen molar-refractivity contribution in [1.29, 1.82) is 0 Å². The lowest BCUT2D eigenvalue weighted by Gasteiger charge is -2.51. The van der Waals surface area contributed by atoms with Crippen LogP contribution in [0.5, 0.6) is 0 Å². The monoisotopic (exact) mass is 573 g/mol. The summed E-state index contributed by atoms with van der Waals surface area (Å²) in [6.07, 6.45) is 30.6. The van der Waals surface area contributed by atoms with Gasteiger partial charge >= 0.3 is 0 Å². The maximum Gasteiger partial charge on any atom is 0.123 e. The van der Waals surface area contributed by atoms with E-state index in [0.29, 0.717) is 5.92 Å². The molecule has 2 atom stereocenters. The molecule has 2 aromatic rings. The van der Waals surface area contributed by atoms with Gasteiger partial charge in [0.05, 0.1) is 0 Å². The van der Waals surface area contributed by atoms with Gasteiger partial charge in [0.25, 0.3) is 0 Å². The molecular formula is C40H64N2. The van der Waals surface area contributed by atoms with E-state index in [4.69, 9.17) is 0 Å². The molecule has 2 unspecified atom stereocenters. The molecule has 3 rings (SSSR count). The highest BCUT2D eigenvalue weighted by Gasteiger charge is 2.49. The summed E-state index contributed by atoms with van der Waals surface area (Å²) in [5.41, 5.74) is 2.88. The van der Waals surface area contributed by atoms with Gasteiger partial charge in [-0.1, -0.05) is 178 Å². The van der Waals surface area contributed by atoms with Crippen molar-refractivity contribution in [3.8, 4) is 0 Å². The molecule has 42 heavy (non-hydrogen) atoms. The van der Waals surface area contributed by atoms with Crippen LogP contribution in [0.25, 0.3) is 0 Å². The Morgan fingerprint density at radius 2 is 0.905 bits per heavy atom. The number of benzene rings is 2. The Kier molecular flexibility index (Phi) is 16.8. The zero-order valence-electron chi connectivity index (χ0n) is 27.7. The molecule has 0 saturated heterocycles. The second-order valence-corrected chi connectivity index (χ2v) is 12.9. The Hall–Kier alpha value is -2.22. The Labute approximate surface area is 261 Å². The molecule has 1 aliphatic heterocycles. The number of hydrogen-bond donors (Lipinski definition) is 0. The normalized spacial score (nSPS) is 17.3. The van der Waals surface area contributed by atoms with Crippen molar-refractivity contribution in [2.75, 3.05) is 13.1 Å². The second kappa shape index (κ2) is 20.6. The molecular weight excluding hydrogens is 508 g/mol. The molecule has 1 aliphatic rings. The van der Waals surface area contributed by atoms with Gasteiger partial charge in [-0.3, -0.25) is 0 Å². The lowest BCUT2D eigenvalue weighted by molar-refractivity contribution is -0.00378. The molecule has 0 radical (unpaired) electrons. The third-order valence-electron chi connectivity index (χ3n) is 9.65. The topological polar surface area (TPSA) is 6.48 Å². The van der Waals surface area contributed by atoms with Crippen molar-refractivity contribution < 1.29 is 0 Å². The number of rotatable bonds is 24. The van der Waals surface area contributed by atoms with Crippen molar-refractivity contribution in [3.05, 3.63) is 84.2 Å². The molecule has 234 valence electrons. The van der Waals surface area contributed by atoms with E-state index in [9.17, 15) is 0 Å². The van der Waals surface area contributed by atoms with Crippen molar-refractivity contribution in [2.45, 2.75) is 154 Å². The first-order chi connectivity index (χ1) is 20.8. The van der Waals surface area contributed by atoms with E-state index in [-0.39, 0.29) is 5.66 Å². The lowest BCUT2D eigenvalue weighted by Crippen LogP contribution is -2.59. The first-order valence-electron chi connectivity index (χ1n) is 18.1. The lowest BCUT2D eigenvalue weighted by atomic mass is 9.78. The number of hydrogen-bond acceptors (Lipinski definition) is 2. The van der Waals surface area contributed by atoms with Gasteiger partial charge in [0.15, 0.2) is 0 Å². The van der Waals surface area contributed by atoms with Gasteiger partial charge in [0, 0.05) is 37.8 Å². The molecule has 0 amide bonds. The van der Waals surface area contributed by atoms with Crippen LogP contribution in [0.2, 0.25) is 0 Å². The van der Waals surface area contributed by atoms with Gasteiger partial charge in [0.1, 0.15) is 5.66 Å². The summed E-state index contributed by atoms with van der Waals surface area (Å²) in [5, 5.41) is 0. The first kappa shape index (κ1) is 34.3. The average Bonchev–Trinajstić information content (AvgIpc) is 3.35. The molecule has 1 heterocycles. The minimum absolute atomic E-state index is 0.0556. The third-order valence-corrected chi connectivity index (χ3v) is 9.65. The van der Waals surface area contributed by atoms with Crippen LogP contribution in [0, 0.1) is 0 Å². The van der Waals surface area contributed by atoms with Crippen LogP contribution in [0.3, 0.4) is 0 Å². The SMILES string of the molecule is CCCCCCCCCCCCCCN1C=CN(CCCCCCC)C1(Cc1ccccc1)C(CC)c1ccccc1. The van der Waals surface area contributed by atoms with Crippen LogP contribution < -0.4 is 0 Å². The quantitative estimate of drug-likeness (QED) is 0.115. The van der Waals surface area contributed by atoms with Gasteiger partial charge < -0.3 is 9.80 Å². The Balaban J connectivity index is 1.67. The summed E-state index contributed by atoms with van der Waals surface area (Å²) in [4.78, 5) is 5.52. The predicted octanol–water partition coefficient (Wildman–Crippen LogP) is 11.9. The molecule has 2 aromatic carbocycles. The van der Waals surface area contributed by atoms with Crippen molar-refractivity contribution in [1.82, 2.24) is 9.80 Å². The fourth-order valence-electron chi connectivity index (χ4n) is 7.27. The fourth-order valence-corrected chi connectivity index (χ4v) is 7.27. The van der Waals surface area contributed by atoms with Gasteiger partial charge in [-0.25, -0.2) is 0 Å². The first-order valence-corrected chi connectivity index (χ1v) is 18.1. The van der Waals surface area contributed by atoms with E-state index >= 15 is 0 Å². The third kappa shape index (κ3) is 10.8. The molecule has 0 fully saturated rings. The Bertz CT molecular complexity index is 939. The molecule has 0 bridgehead atoms. The van der Waals surface area contributed by atoms with Crippen LogP contribution in [-0.4, -0.2) is 28.6 Å². The zero-order valence-corrected chi connectivity index (χ0v) is 27.7. The Morgan fingerprint density at radius 1 is 0.500 bits per heavy atom. The van der Waals surface area contributed by atoms with Crippen molar-refractivity contribution >= 4 is 0 Å². The van der Waals surface area contributed by atoms with Gasteiger partial charge in [-0.05, 0) is 30.4 Å². The minimum Gasteiger partial charge on any atom is -0.353 e. The fraction of sp³-hybridized carbons (Fsp3) is 0.650. The molecule has 2 heteroatoms. The molecule has 0 saturated carbocycles. The maximum atomic E-state index is 2.77. The van der Waals surface area contributed by atoms with E-state index < -0.39 is 0 Å². The summed E-state index contributed by atoms with van der Waals surface area (Å²) >= 11 is 0. The Morgan fingerprint density at radius 3 is 1.33 bits per heavy atom. The highest BCUT2D eigenvalue weighted by atomic mass is 15.4. The van der Waals surface area contributed by atoms with Gasteiger partial charge in [0.2, 0.25) is 0 Å². The smallest absolute Gasteiger partial charge is 0.123 e. The summed E-state index contributed by atoms with van der Waals surface area (Å²) in [5.74, 6) is 0.446.